The van der Waals surface area contributed by atoms with Gasteiger partial charge in [0.2, 0.25) is 0 Å². The van der Waals surface area contributed by atoms with Gasteiger partial charge in [-0.05, 0) is 68.2 Å². The molecule has 4 rings (SSSR count). The molecular formula is C28H38N2S. The molecule has 2 unspecified atom stereocenters. The van der Waals surface area contributed by atoms with E-state index in [4.69, 9.17) is 12.2 Å². The van der Waals surface area contributed by atoms with Crippen LogP contribution in [0.2, 0.25) is 0 Å². The number of hydrogen-bond acceptors (Lipinski definition) is 2. The Morgan fingerprint density at radius 2 is 1.65 bits per heavy atom. The molecule has 0 amide bonds. The average Bonchev–Trinajstić information content (AvgIpc) is 3.19. The van der Waals surface area contributed by atoms with Gasteiger partial charge in [-0.15, -0.1) is 0 Å². The summed E-state index contributed by atoms with van der Waals surface area (Å²) in [4.78, 5) is 3.87. The van der Waals surface area contributed by atoms with Crippen molar-refractivity contribution >= 4 is 17.2 Å². The van der Waals surface area contributed by atoms with Gasteiger partial charge in [0.05, 0.1) is 4.99 Å². The first-order chi connectivity index (χ1) is 15.3. The molecule has 0 aromatic heterocycles. The van der Waals surface area contributed by atoms with Crippen LogP contribution in [0.1, 0.15) is 56.9 Å². The van der Waals surface area contributed by atoms with Gasteiger partial charge in [-0.25, -0.2) is 0 Å². The SMILES string of the molecule is CNCC(C1CCCCC1)N1CCC(CCCc2ccc(-c3ccccc3)cc2)C1=S. The summed E-state index contributed by atoms with van der Waals surface area (Å²) in [6, 6.07) is 20.4. The maximum atomic E-state index is 6.02. The van der Waals surface area contributed by atoms with Crippen LogP contribution in [0.3, 0.4) is 0 Å². The number of aryl methyl sites for hydroxylation is 1. The normalized spacial score (nSPS) is 20.9. The van der Waals surface area contributed by atoms with Gasteiger partial charge in [0.15, 0.2) is 0 Å². The van der Waals surface area contributed by atoms with E-state index >= 15 is 0 Å². The van der Waals surface area contributed by atoms with Crippen molar-refractivity contribution in [3.63, 3.8) is 0 Å². The Labute approximate surface area is 194 Å². The molecule has 0 bridgehead atoms. The van der Waals surface area contributed by atoms with Crippen molar-refractivity contribution in [2.24, 2.45) is 11.8 Å². The lowest BCUT2D eigenvalue weighted by atomic mass is 9.83. The van der Waals surface area contributed by atoms with E-state index in [-0.39, 0.29) is 0 Å². The smallest absolute Gasteiger partial charge is 0.0814 e. The van der Waals surface area contributed by atoms with Crippen molar-refractivity contribution in [3.05, 3.63) is 60.2 Å². The molecule has 166 valence electrons. The molecule has 1 heterocycles. The summed E-state index contributed by atoms with van der Waals surface area (Å²) in [7, 11) is 2.09. The third-order valence-corrected chi connectivity index (χ3v) is 8.01. The minimum atomic E-state index is 0.599. The fourth-order valence-corrected chi connectivity index (χ4v) is 6.13. The first kappa shape index (κ1) is 22.5. The Kier molecular flexibility index (Phi) is 8.15. The van der Waals surface area contributed by atoms with Gasteiger partial charge in [-0.1, -0.05) is 86.1 Å². The lowest BCUT2D eigenvalue weighted by molar-refractivity contribution is 0.192. The molecular weight excluding hydrogens is 396 g/mol. The van der Waals surface area contributed by atoms with Gasteiger partial charge in [0, 0.05) is 25.0 Å². The van der Waals surface area contributed by atoms with Crippen LogP contribution in [-0.2, 0) is 6.42 Å². The first-order valence-electron chi connectivity index (χ1n) is 12.4. The average molecular weight is 435 g/mol. The van der Waals surface area contributed by atoms with Gasteiger partial charge in [0.1, 0.15) is 0 Å². The van der Waals surface area contributed by atoms with Crippen LogP contribution in [0.5, 0.6) is 0 Å². The number of thiocarbonyl (C=S) groups is 1. The summed E-state index contributed by atoms with van der Waals surface area (Å²) >= 11 is 6.02. The van der Waals surface area contributed by atoms with Crippen LogP contribution in [0.4, 0.5) is 0 Å². The molecule has 1 saturated carbocycles. The fraction of sp³-hybridized carbons (Fsp3) is 0.536. The molecule has 3 heteroatoms. The lowest BCUT2D eigenvalue weighted by Gasteiger charge is -2.38. The van der Waals surface area contributed by atoms with E-state index in [1.54, 1.807) is 0 Å². The van der Waals surface area contributed by atoms with Crippen molar-refractivity contribution in [1.82, 2.24) is 10.2 Å². The molecule has 2 fully saturated rings. The van der Waals surface area contributed by atoms with E-state index in [1.807, 2.05) is 0 Å². The van der Waals surface area contributed by atoms with Gasteiger partial charge in [-0.3, -0.25) is 0 Å². The minimum Gasteiger partial charge on any atom is -0.361 e. The molecule has 2 aliphatic rings. The molecule has 1 aliphatic carbocycles. The zero-order valence-corrected chi connectivity index (χ0v) is 19.9. The van der Waals surface area contributed by atoms with Crippen LogP contribution in [-0.4, -0.2) is 36.1 Å². The van der Waals surface area contributed by atoms with Crippen molar-refractivity contribution in [3.8, 4) is 11.1 Å². The number of nitrogens with one attached hydrogen (secondary N) is 1. The van der Waals surface area contributed by atoms with Crippen molar-refractivity contribution in [1.29, 1.82) is 0 Å². The van der Waals surface area contributed by atoms with Gasteiger partial charge in [-0.2, -0.15) is 0 Å². The van der Waals surface area contributed by atoms with Crippen LogP contribution >= 0.6 is 12.2 Å². The second-order valence-electron chi connectivity index (χ2n) is 9.50. The standard InChI is InChI=1S/C28H38N2S/c1-29-21-27(25-12-6-3-7-13-25)30-20-19-26(28(30)31)14-8-9-22-15-17-24(18-16-22)23-10-4-2-5-11-23/h2,4-5,10-11,15-18,25-27,29H,3,6-9,12-14,19-21H2,1H3. The van der Waals surface area contributed by atoms with E-state index in [0.717, 1.165) is 25.4 Å². The van der Waals surface area contributed by atoms with Crippen molar-refractivity contribution in [2.45, 2.75) is 63.8 Å². The molecule has 31 heavy (non-hydrogen) atoms. The molecule has 1 N–H and O–H groups in total. The van der Waals surface area contributed by atoms with Crippen LogP contribution < -0.4 is 5.32 Å². The Bertz CT molecular complexity index is 811. The summed E-state index contributed by atoms with van der Waals surface area (Å²) in [5.74, 6) is 1.42. The third-order valence-electron chi connectivity index (χ3n) is 7.44. The highest BCUT2D eigenvalue weighted by molar-refractivity contribution is 7.80. The number of hydrogen-bond donors (Lipinski definition) is 1. The topological polar surface area (TPSA) is 15.3 Å². The lowest BCUT2D eigenvalue weighted by Crippen LogP contribution is -2.47. The number of benzene rings is 2. The van der Waals surface area contributed by atoms with E-state index in [9.17, 15) is 0 Å². The van der Waals surface area contributed by atoms with E-state index in [2.05, 4.69) is 71.9 Å². The Morgan fingerprint density at radius 3 is 2.35 bits per heavy atom. The number of likely N-dealkylation sites (N-methyl/N-ethyl adjacent to an activating group) is 1. The molecule has 2 aromatic rings. The summed E-state index contributed by atoms with van der Waals surface area (Å²) in [6.07, 6.45) is 11.8. The maximum Gasteiger partial charge on any atom is 0.0814 e. The second-order valence-corrected chi connectivity index (χ2v) is 9.91. The van der Waals surface area contributed by atoms with Crippen LogP contribution in [0, 0.1) is 11.8 Å². The maximum absolute atomic E-state index is 6.02. The van der Waals surface area contributed by atoms with Crippen molar-refractivity contribution in [2.75, 3.05) is 20.1 Å². The zero-order valence-electron chi connectivity index (χ0n) is 19.1. The highest BCUT2D eigenvalue weighted by Crippen LogP contribution is 2.34. The molecule has 2 nitrogen and oxygen atoms in total. The summed E-state index contributed by atoms with van der Waals surface area (Å²) in [5, 5.41) is 3.46. The first-order valence-corrected chi connectivity index (χ1v) is 12.8. The van der Waals surface area contributed by atoms with Crippen LogP contribution in [0.15, 0.2) is 54.6 Å². The highest BCUT2D eigenvalue weighted by atomic mass is 32.1. The van der Waals surface area contributed by atoms with Crippen LogP contribution in [0.25, 0.3) is 11.1 Å². The van der Waals surface area contributed by atoms with Gasteiger partial charge in [0.25, 0.3) is 0 Å². The van der Waals surface area contributed by atoms with E-state index in [1.165, 1.54) is 73.0 Å². The van der Waals surface area contributed by atoms with Gasteiger partial charge >= 0.3 is 0 Å². The Hall–Kier alpha value is -1.71. The summed E-state index contributed by atoms with van der Waals surface area (Å²) in [6.45, 7) is 2.24. The molecule has 0 spiro atoms. The summed E-state index contributed by atoms with van der Waals surface area (Å²) in [5.41, 5.74) is 4.03. The largest absolute Gasteiger partial charge is 0.361 e. The Balaban J connectivity index is 1.28. The molecule has 1 saturated heterocycles. The highest BCUT2D eigenvalue weighted by Gasteiger charge is 2.36. The fourth-order valence-electron chi connectivity index (χ4n) is 5.67. The molecule has 2 aromatic carbocycles. The predicted octanol–water partition coefficient (Wildman–Crippen LogP) is 6.49. The Morgan fingerprint density at radius 1 is 0.935 bits per heavy atom. The van der Waals surface area contributed by atoms with Crippen molar-refractivity contribution < 1.29 is 0 Å². The molecule has 1 aliphatic heterocycles. The number of likely N-dealkylation sites (tertiary alicyclic amines) is 1. The van der Waals surface area contributed by atoms with Gasteiger partial charge < -0.3 is 10.2 Å². The van der Waals surface area contributed by atoms with E-state index < -0.39 is 0 Å². The number of rotatable bonds is 9. The quantitative estimate of drug-likeness (QED) is 0.454. The minimum absolute atomic E-state index is 0.599. The zero-order chi connectivity index (χ0) is 21.5. The number of nitrogens with zero attached hydrogens (tertiary/aromatic N) is 1. The summed E-state index contributed by atoms with van der Waals surface area (Å²) < 4.78 is 0. The second kappa shape index (κ2) is 11.2. The molecule has 2 atom stereocenters. The predicted molar refractivity (Wildman–Crippen MR) is 137 cm³/mol. The molecule has 0 radical (unpaired) electrons. The monoisotopic (exact) mass is 434 g/mol. The van der Waals surface area contributed by atoms with E-state index in [0.29, 0.717) is 12.0 Å². The third kappa shape index (κ3) is 5.75.